The van der Waals surface area contributed by atoms with Crippen LogP contribution in [0.25, 0.3) is 0 Å². The van der Waals surface area contributed by atoms with Crippen LogP contribution < -0.4 is 5.32 Å². The molecule has 1 fully saturated rings. The van der Waals surface area contributed by atoms with Crippen LogP contribution in [0.1, 0.15) is 40.9 Å². The molecule has 1 atom stereocenters. The second-order valence-corrected chi connectivity index (χ2v) is 5.36. The number of rotatable bonds is 4. The standard InChI is InChI=1S/C15H19N5O2/c1-20-7-6-17-14(20)15(21)18-9-12-4-5-16-13(19-12)11-3-2-8-22-10-11/h4-7,11H,2-3,8-10H2,1H3,(H,18,21). The normalized spacial score (nSPS) is 18.1. The number of aryl methyl sites for hydroxylation is 1. The van der Waals surface area contributed by atoms with E-state index in [0.717, 1.165) is 31.0 Å². The van der Waals surface area contributed by atoms with Crippen molar-refractivity contribution in [2.24, 2.45) is 7.05 Å². The Hall–Kier alpha value is -2.28. The minimum absolute atomic E-state index is 0.214. The molecule has 3 rings (SSSR count). The maximum absolute atomic E-state index is 12.0. The minimum atomic E-state index is -0.214. The van der Waals surface area contributed by atoms with E-state index in [4.69, 9.17) is 4.74 Å². The molecule has 0 aromatic carbocycles. The molecule has 0 aliphatic carbocycles. The highest BCUT2D eigenvalue weighted by Gasteiger charge is 2.19. The first kappa shape index (κ1) is 14.6. The van der Waals surface area contributed by atoms with Gasteiger partial charge < -0.3 is 14.6 Å². The third-order valence-electron chi connectivity index (χ3n) is 3.71. The van der Waals surface area contributed by atoms with Gasteiger partial charge in [0.2, 0.25) is 0 Å². The van der Waals surface area contributed by atoms with Crippen molar-refractivity contribution in [3.8, 4) is 0 Å². The predicted octanol–water partition coefficient (Wildman–Crippen LogP) is 1.03. The number of amides is 1. The van der Waals surface area contributed by atoms with Crippen molar-refractivity contribution in [2.75, 3.05) is 13.2 Å². The van der Waals surface area contributed by atoms with Crippen molar-refractivity contribution < 1.29 is 9.53 Å². The van der Waals surface area contributed by atoms with Gasteiger partial charge in [-0.25, -0.2) is 15.0 Å². The monoisotopic (exact) mass is 301 g/mol. The number of carbonyl (C=O) groups is 1. The van der Waals surface area contributed by atoms with E-state index in [9.17, 15) is 4.79 Å². The third kappa shape index (κ3) is 3.30. The molecule has 0 spiro atoms. The van der Waals surface area contributed by atoms with Crippen LogP contribution in [0.15, 0.2) is 24.7 Å². The van der Waals surface area contributed by atoms with Gasteiger partial charge in [0.15, 0.2) is 5.82 Å². The topological polar surface area (TPSA) is 81.9 Å². The van der Waals surface area contributed by atoms with E-state index in [-0.39, 0.29) is 11.8 Å². The van der Waals surface area contributed by atoms with E-state index >= 15 is 0 Å². The smallest absolute Gasteiger partial charge is 0.287 e. The fraction of sp³-hybridized carbons (Fsp3) is 0.467. The van der Waals surface area contributed by atoms with Crippen LogP contribution in [-0.2, 0) is 18.3 Å². The quantitative estimate of drug-likeness (QED) is 0.912. The lowest BCUT2D eigenvalue weighted by molar-refractivity contribution is 0.0779. The van der Waals surface area contributed by atoms with E-state index < -0.39 is 0 Å². The molecule has 2 aromatic heterocycles. The summed E-state index contributed by atoms with van der Waals surface area (Å²) in [6.45, 7) is 1.84. The molecule has 22 heavy (non-hydrogen) atoms. The molecule has 1 N–H and O–H groups in total. The first-order chi connectivity index (χ1) is 10.7. The van der Waals surface area contributed by atoms with E-state index in [2.05, 4.69) is 20.3 Å². The predicted molar refractivity (Wildman–Crippen MR) is 79.2 cm³/mol. The van der Waals surface area contributed by atoms with Crippen molar-refractivity contribution in [1.82, 2.24) is 24.8 Å². The van der Waals surface area contributed by atoms with Gasteiger partial charge in [0.05, 0.1) is 18.8 Å². The van der Waals surface area contributed by atoms with Gasteiger partial charge in [-0.05, 0) is 18.9 Å². The zero-order valence-electron chi connectivity index (χ0n) is 12.5. The first-order valence-electron chi connectivity index (χ1n) is 7.39. The number of carbonyl (C=O) groups excluding carboxylic acids is 1. The number of imidazole rings is 1. The van der Waals surface area contributed by atoms with E-state index in [1.807, 2.05) is 6.07 Å². The third-order valence-corrected chi connectivity index (χ3v) is 3.71. The van der Waals surface area contributed by atoms with Gasteiger partial charge in [-0.3, -0.25) is 4.79 Å². The zero-order chi connectivity index (χ0) is 15.4. The zero-order valence-corrected chi connectivity index (χ0v) is 12.5. The maximum atomic E-state index is 12.0. The Labute approximate surface area is 128 Å². The highest BCUT2D eigenvalue weighted by atomic mass is 16.5. The molecule has 116 valence electrons. The number of ether oxygens (including phenoxy) is 1. The summed E-state index contributed by atoms with van der Waals surface area (Å²) in [6.07, 6.45) is 7.15. The number of hydrogen-bond acceptors (Lipinski definition) is 5. The maximum Gasteiger partial charge on any atom is 0.287 e. The second-order valence-electron chi connectivity index (χ2n) is 5.36. The average molecular weight is 301 g/mol. The van der Waals surface area contributed by atoms with Gasteiger partial charge in [0.1, 0.15) is 5.82 Å². The molecule has 3 heterocycles. The van der Waals surface area contributed by atoms with Crippen LogP contribution >= 0.6 is 0 Å². The fourth-order valence-electron chi connectivity index (χ4n) is 2.49. The second kappa shape index (κ2) is 6.65. The lowest BCUT2D eigenvalue weighted by Crippen LogP contribution is -2.26. The Bertz CT molecular complexity index is 649. The minimum Gasteiger partial charge on any atom is -0.381 e. The summed E-state index contributed by atoms with van der Waals surface area (Å²) in [4.78, 5) is 24.9. The summed E-state index contributed by atoms with van der Waals surface area (Å²) in [7, 11) is 1.79. The molecule has 7 nitrogen and oxygen atoms in total. The first-order valence-corrected chi connectivity index (χ1v) is 7.39. The summed E-state index contributed by atoms with van der Waals surface area (Å²) in [6, 6.07) is 1.81. The number of hydrogen-bond donors (Lipinski definition) is 1. The number of aromatic nitrogens is 4. The lowest BCUT2D eigenvalue weighted by atomic mass is 10.0. The Balaban J connectivity index is 1.63. The fourth-order valence-corrected chi connectivity index (χ4v) is 2.49. The van der Waals surface area contributed by atoms with E-state index in [1.165, 1.54) is 0 Å². The molecule has 0 radical (unpaired) electrons. The van der Waals surface area contributed by atoms with Crippen molar-refractivity contribution in [3.05, 3.63) is 42.0 Å². The molecule has 0 bridgehead atoms. The van der Waals surface area contributed by atoms with Crippen LogP contribution in [0.4, 0.5) is 0 Å². The SMILES string of the molecule is Cn1ccnc1C(=O)NCc1ccnc(C2CCCOC2)n1. The molecule has 1 unspecified atom stereocenters. The van der Waals surface area contributed by atoms with Gasteiger partial charge in [-0.2, -0.15) is 0 Å². The van der Waals surface area contributed by atoms with Crippen molar-refractivity contribution in [3.63, 3.8) is 0 Å². The Kier molecular flexibility index (Phi) is 4.43. The summed E-state index contributed by atoms with van der Waals surface area (Å²) >= 11 is 0. The molecular weight excluding hydrogens is 282 g/mol. The molecular formula is C15H19N5O2. The molecule has 0 saturated carbocycles. The Morgan fingerprint density at radius 2 is 2.36 bits per heavy atom. The molecule has 2 aromatic rings. The molecule has 1 aliphatic rings. The number of nitrogens with zero attached hydrogens (tertiary/aromatic N) is 4. The van der Waals surface area contributed by atoms with Crippen LogP contribution in [-0.4, -0.2) is 38.6 Å². The van der Waals surface area contributed by atoms with Gasteiger partial charge in [-0.1, -0.05) is 0 Å². The molecule has 7 heteroatoms. The Morgan fingerprint density at radius 1 is 1.45 bits per heavy atom. The van der Waals surface area contributed by atoms with Crippen LogP contribution in [0.3, 0.4) is 0 Å². The summed E-state index contributed by atoms with van der Waals surface area (Å²) < 4.78 is 7.16. The van der Waals surface area contributed by atoms with Gasteiger partial charge >= 0.3 is 0 Å². The van der Waals surface area contributed by atoms with E-state index in [0.29, 0.717) is 19.0 Å². The van der Waals surface area contributed by atoms with E-state index in [1.54, 1.807) is 30.2 Å². The van der Waals surface area contributed by atoms with Gasteiger partial charge in [-0.15, -0.1) is 0 Å². The Morgan fingerprint density at radius 3 is 3.09 bits per heavy atom. The van der Waals surface area contributed by atoms with Crippen LogP contribution in [0.2, 0.25) is 0 Å². The molecule has 1 saturated heterocycles. The summed E-state index contributed by atoms with van der Waals surface area (Å²) in [5.74, 6) is 1.21. The van der Waals surface area contributed by atoms with Crippen LogP contribution in [0, 0.1) is 0 Å². The van der Waals surface area contributed by atoms with Crippen LogP contribution in [0.5, 0.6) is 0 Å². The average Bonchev–Trinajstić information content (AvgIpc) is 3.00. The van der Waals surface area contributed by atoms with Gasteiger partial charge in [0.25, 0.3) is 5.91 Å². The highest BCUT2D eigenvalue weighted by molar-refractivity contribution is 5.90. The van der Waals surface area contributed by atoms with Gasteiger partial charge in [0, 0.05) is 38.2 Å². The largest absolute Gasteiger partial charge is 0.381 e. The summed E-state index contributed by atoms with van der Waals surface area (Å²) in [5.41, 5.74) is 0.790. The molecule has 1 aliphatic heterocycles. The van der Waals surface area contributed by atoms with Crippen molar-refractivity contribution in [1.29, 1.82) is 0 Å². The summed E-state index contributed by atoms with van der Waals surface area (Å²) in [5, 5.41) is 2.83. The number of nitrogens with one attached hydrogen (secondary N) is 1. The highest BCUT2D eigenvalue weighted by Crippen LogP contribution is 2.22. The molecule has 1 amide bonds. The van der Waals surface area contributed by atoms with Crippen molar-refractivity contribution >= 4 is 5.91 Å². The lowest BCUT2D eigenvalue weighted by Gasteiger charge is -2.20. The van der Waals surface area contributed by atoms with Crippen molar-refractivity contribution in [2.45, 2.75) is 25.3 Å².